The highest BCUT2D eigenvalue weighted by Gasteiger charge is 2.33. The summed E-state index contributed by atoms with van der Waals surface area (Å²) in [4.78, 5) is 6.89. The Morgan fingerprint density at radius 1 is 1.26 bits per heavy atom. The normalized spacial score (nSPS) is 15.5. The van der Waals surface area contributed by atoms with Gasteiger partial charge in [0.15, 0.2) is 0 Å². The van der Waals surface area contributed by atoms with Crippen molar-refractivity contribution in [2.45, 2.75) is 59.7 Å². The predicted octanol–water partition coefficient (Wildman–Crippen LogP) is 3.06. The number of rotatable bonds is 6. The van der Waals surface area contributed by atoms with Crippen molar-refractivity contribution in [2.75, 3.05) is 6.54 Å². The molecule has 2 N–H and O–H groups in total. The summed E-state index contributed by atoms with van der Waals surface area (Å²) in [5, 5.41) is 0. The van der Waals surface area contributed by atoms with E-state index in [-0.39, 0.29) is 11.5 Å². The minimum absolute atomic E-state index is 0.167. The molecule has 0 amide bonds. The summed E-state index contributed by atoms with van der Waals surface area (Å²) in [6, 6.07) is 6.65. The first-order chi connectivity index (χ1) is 8.90. The van der Waals surface area contributed by atoms with Crippen molar-refractivity contribution in [1.29, 1.82) is 0 Å². The Balaban J connectivity index is 2.91. The molecule has 0 radical (unpaired) electrons. The minimum atomic E-state index is 0.167. The topological polar surface area (TPSA) is 42.1 Å². The Morgan fingerprint density at radius 3 is 2.37 bits per heavy atom. The van der Waals surface area contributed by atoms with Crippen LogP contribution in [0.3, 0.4) is 0 Å². The maximum absolute atomic E-state index is 6.37. The van der Waals surface area contributed by atoms with Crippen molar-refractivity contribution in [1.82, 2.24) is 9.88 Å². The lowest BCUT2D eigenvalue weighted by Crippen LogP contribution is -2.54. The number of aromatic nitrogens is 1. The van der Waals surface area contributed by atoms with Gasteiger partial charge >= 0.3 is 0 Å². The molecule has 0 aromatic carbocycles. The van der Waals surface area contributed by atoms with E-state index in [0.29, 0.717) is 6.04 Å². The SMILES string of the molecule is CCC(N)C(N(CC)Cc1ccccn1)C(C)(C)C. The van der Waals surface area contributed by atoms with Gasteiger partial charge in [0.25, 0.3) is 0 Å². The fraction of sp³-hybridized carbons (Fsp3) is 0.688. The van der Waals surface area contributed by atoms with E-state index in [1.54, 1.807) is 0 Å². The molecular weight excluding hydrogens is 234 g/mol. The molecule has 1 heterocycles. The lowest BCUT2D eigenvalue weighted by Gasteiger charge is -2.43. The van der Waals surface area contributed by atoms with E-state index in [4.69, 9.17) is 5.73 Å². The van der Waals surface area contributed by atoms with E-state index in [2.05, 4.69) is 50.6 Å². The molecule has 1 rings (SSSR count). The molecule has 1 aromatic rings. The summed E-state index contributed by atoms with van der Waals surface area (Å²) in [5.41, 5.74) is 7.65. The zero-order chi connectivity index (χ0) is 14.5. The van der Waals surface area contributed by atoms with Crippen LogP contribution in [0.2, 0.25) is 0 Å². The first-order valence-corrected chi connectivity index (χ1v) is 7.29. The van der Waals surface area contributed by atoms with Gasteiger partial charge in [-0.2, -0.15) is 0 Å². The van der Waals surface area contributed by atoms with Crippen LogP contribution in [0.25, 0.3) is 0 Å². The predicted molar refractivity (Wildman–Crippen MR) is 81.8 cm³/mol. The lowest BCUT2D eigenvalue weighted by molar-refractivity contribution is 0.0732. The Morgan fingerprint density at radius 2 is 1.95 bits per heavy atom. The van der Waals surface area contributed by atoms with Crippen LogP contribution in [0, 0.1) is 5.41 Å². The van der Waals surface area contributed by atoms with Gasteiger partial charge in [-0.15, -0.1) is 0 Å². The number of hydrogen-bond acceptors (Lipinski definition) is 3. The van der Waals surface area contributed by atoms with Crippen molar-refractivity contribution in [2.24, 2.45) is 11.1 Å². The molecule has 0 bridgehead atoms. The molecule has 1 aromatic heterocycles. The second-order valence-electron chi connectivity index (χ2n) is 6.27. The molecule has 0 aliphatic rings. The number of likely N-dealkylation sites (N-methyl/N-ethyl adjacent to an activating group) is 1. The highest BCUT2D eigenvalue weighted by atomic mass is 15.2. The van der Waals surface area contributed by atoms with E-state index in [1.165, 1.54) is 0 Å². The number of nitrogens with zero attached hydrogens (tertiary/aromatic N) is 2. The zero-order valence-electron chi connectivity index (χ0n) is 13.1. The van der Waals surface area contributed by atoms with Gasteiger partial charge in [0, 0.05) is 24.8 Å². The fourth-order valence-corrected chi connectivity index (χ4v) is 2.79. The largest absolute Gasteiger partial charge is 0.326 e. The standard InChI is InChI=1S/C16H29N3/c1-6-14(17)15(16(3,4)5)19(7-2)12-13-10-8-9-11-18-13/h8-11,14-15H,6-7,12,17H2,1-5H3. The van der Waals surface area contributed by atoms with Gasteiger partial charge in [0.2, 0.25) is 0 Å². The Bertz CT molecular complexity index is 356. The Kier molecular flexibility index (Phi) is 5.95. The van der Waals surface area contributed by atoms with Gasteiger partial charge < -0.3 is 5.73 Å². The van der Waals surface area contributed by atoms with Crippen molar-refractivity contribution in [3.63, 3.8) is 0 Å². The molecule has 108 valence electrons. The van der Waals surface area contributed by atoms with Gasteiger partial charge in [-0.1, -0.05) is 40.7 Å². The Labute approximate surface area is 118 Å². The first-order valence-electron chi connectivity index (χ1n) is 7.29. The first kappa shape index (κ1) is 16.1. The molecule has 0 saturated carbocycles. The molecule has 2 atom stereocenters. The van der Waals surface area contributed by atoms with Crippen LogP contribution in [0.1, 0.15) is 46.7 Å². The molecular formula is C16H29N3. The highest BCUT2D eigenvalue weighted by Crippen LogP contribution is 2.28. The zero-order valence-corrected chi connectivity index (χ0v) is 13.1. The maximum atomic E-state index is 6.37. The molecule has 0 aliphatic carbocycles. The molecule has 19 heavy (non-hydrogen) atoms. The summed E-state index contributed by atoms with van der Waals surface area (Å²) in [5.74, 6) is 0. The van der Waals surface area contributed by atoms with Gasteiger partial charge in [-0.3, -0.25) is 9.88 Å². The van der Waals surface area contributed by atoms with Crippen LogP contribution in [-0.2, 0) is 6.54 Å². The van der Waals surface area contributed by atoms with Crippen LogP contribution in [0.15, 0.2) is 24.4 Å². The van der Waals surface area contributed by atoms with Crippen LogP contribution >= 0.6 is 0 Å². The molecule has 3 heteroatoms. The maximum Gasteiger partial charge on any atom is 0.0544 e. The molecule has 0 saturated heterocycles. The molecule has 3 nitrogen and oxygen atoms in total. The molecule has 0 fully saturated rings. The minimum Gasteiger partial charge on any atom is -0.326 e. The van der Waals surface area contributed by atoms with Gasteiger partial charge in [-0.25, -0.2) is 0 Å². The van der Waals surface area contributed by atoms with Gasteiger partial charge in [-0.05, 0) is 30.5 Å². The highest BCUT2D eigenvalue weighted by molar-refractivity contribution is 5.04. The Hall–Kier alpha value is -0.930. The van der Waals surface area contributed by atoms with E-state index >= 15 is 0 Å². The molecule has 0 spiro atoms. The summed E-state index contributed by atoms with van der Waals surface area (Å²) in [6.07, 6.45) is 2.86. The van der Waals surface area contributed by atoms with E-state index in [9.17, 15) is 0 Å². The fourth-order valence-electron chi connectivity index (χ4n) is 2.79. The average molecular weight is 263 g/mol. The van der Waals surface area contributed by atoms with Gasteiger partial charge in [0.05, 0.1) is 5.69 Å². The van der Waals surface area contributed by atoms with Crippen molar-refractivity contribution < 1.29 is 0 Å². The van der Waals surface area contributed by atoms with Crippen LogP contribution in [0.5, 0.6) is 0 Å². The third-order valence-corrected chi connectivity index (χ3v) is 3.66. The molecule has 2 unspecified atom stereocenters. The second kappa shape index (κ2) is 7.01. The third-order valence-electron chi connectivity index (χ3n) is 3.66. The smallest absolute Gasteiger partial charge is 0.0544 e. The van der Waals surface area contributed by atoms with Crippen LogP contribution < -0.4 is 5.73 Å². The van der Waals surface area contributed by atoms with Crippen LogP contribution in [0.4, 0.5) is 0 Å². The number of nitrogens with two attached hydrogens (primary N) is 1. The number of hydrogen-bond donors (Lipinski definition) is 1. The van der Waals surface area contributed by atoms with Crippen molar-refractivity contribution in [3.8, 4) is 0 Å². The number of pyridine rings is 1. The monoisotopic (exact) mass is 263 g/mol. The van der Waals surface area contributed by atoms with Crippen LogP contribution in [-0.4, -0.2) is 28.5 Å². The van der Waals surface area contributed by atoms with Gasteiger partial charge in [0.1, 0.15) is 0 Å². The van der Waals surface area contributed by atoms with Crippen molar-refractivity contribution >= 4 is 0 Å². The quantitative estimate of drug-likeness (QED) is 0.857. The van der Waals surface area contributed by atoms with Crippen molar-refractivity contribution in [3.05, 3.63) is 30.1 Å². The van der Waals surface area contributed by atoms with E-state index in [0.717, 1.165) is 25.2 Å². The van der Waals surface area contributed by atoms with E-state index < -0.39 is 0 Å². The third kappa shape index (κ3) is 4.59. The summed E-state index contributed by atoms with van der Waals surface area (Å²) in [7, 11) is 0. The summed E-state index contributed by atoms with van der Waals surface area (Å²) >= 11 is 0. The average Bonchev–Trinajstić information content (AvgIpc) is 2.37. The molecule has 0 aliphatic heterocycles. The van der Waals surface area contributed by atoms with E-state index in [1.807, 2.05) is 18.3 Å². The lowest BCUT2D eigenvalue weighted by atomic mass is 9.80. The summed E-state index contributed by atoms with van der Waals surface area (Å²) in [6.45, 7) is 13.0. The summed E-state index contributed by atoms with van der Waals surface area (Å²) < 4.78 is 0. The second-order valence-corrected chi connectivity index (χ2v) is 6.27.